The molecule has 1 heterocycles. The maximum Gasteiger partial charge on any atom is 0.162 e. The SMILES string of the molecule is Nc1c(C=O)sc2c(N)cccc12. The van der Waals surface area contributed by atoms with E-state index in [-0.39, 0.29) is 0 Å². The van der Waals surface area contributed by atoms with E-state index in [2.05, 4.69) is 0 Å². The molecule has 3 nitrogen and oxygen atoms in total. The van der Waals surface area contributed by atoms with Crippen molar-refractivity contribution in [1.29, 1.82) is 0 Å². The average Bonchev–Trinajstić information content (AvgIpc) is 2.45. The summed E-state index contributed by atoms with van der Waals surface area (Å²) < 4.78 is 0.891. The number of fused-ring (bicyclic) bond motifs is 1. The van der Waals surface area contributed by atoms with Crippen molar-refractivity contribution in [2.45, 2.75) is 0 Å². The van der Waals surface area contributed by atoms with Crippen molar-refractivity contribution in [3.8, 4) is 0 Å². The van der Waals surface area contributed by atoms with Crippen molar-refractivity contribution in [2.24, 2.45) is 0 Å². The third-order valence-electron chi connectivity index (χ3n) is 1.92. The van der Waals surface area contributed by atoms with Crippen LogP contribution in [-0.2, 0) is 0 Å². The third-order valence-corrected chi connectivity index (χ3v) is 3.12. The summed E-state index contributed by atoms with van der Waals surface area (Å²) in [6.07, 6.45) is 0.763. The fourth-order valence-electron chi connectivity index (χ4n) is 1.27. The molecule has 0 bridgehead atoms. The van der Waals surface area contributed by atoms with Gasteiger partial charge in [-0.15, -0.1) is 11.3 Å². The molecular formula is C9H8N2OS. The molecule has 13 heavy (non-hydrogen) atoms. The van der Waals surface area contributed by atoms with Gasteiger partial charge in [0.2, 0.25) is 0 Å². The molecular weight excluding hydrogens is 184 g/mol. The monoisotopic (exact) mass is 192 g/mol. The number of hydrogen-bond donors (Lipinski definition) is 2. The van der Waals surface area contributed by atoms with Crippen LogP contribution in [0.4, 0.5) is 11.4 Å². The van der Waals surface area contributed by atoms with Gasteiger partial charge in [-0.2, -0.15) is 0 Å². The summed E-state index contributed by atoms with van der Waals surface area (Å²) in [6, 6.07) is 5.49. The van der Waals surface area contributed by atoms with Gasteiger partial charge >= 0.3 is 0 Å². The van der Waals surface area contributed by atoms with Gasteiger partial charge < -0.3 is 11.5 Å². The standard InChI is InChI=1S/C9H8N2OS/c10-6-3-1-2-5-8(11)7(4-12)13-9(5)6/h1-4H,10-11H2. The molecule has 2 rings (SSSR count). The van der Waals surface area contributed by atoms with Crippen LogP contribution in [-0.4, -0.2) is 6.29 Å². The first-order valence-corrected chi connectivity index (χ1v) is 4.57. The van der Waals surface area contributed by atoms with E-state index < -0.39 is 0 Å². The third kappa shape index (κ3) is 1.07. The zero-order chi connectivity index (χ0) is 9.42. The number of nitrogen functional groups attached to an aromatic ring is 2. The predicted molar refractivity (Wildman–Crippen MR) is 56.0 cm³/mol. The van der Waals surface area contributed by atoms with E-state index in [1.165, 1.54) is 11.3 Å². The highest BCUT2D eigenvalue weighted by Crippen LogP contribution is 2.35. The second-order valence-corrected chi connectivity index (χ2v) is 3.77. The van der Waals surface area contributed by atoms with Crippen LogP contribution in [0.5, 0.6) is 0 Å². The van der Waals surface area contributed by atoms with Crippen molar-refractivity contribution in [1.82, 2.24) is 0 Å². The van der Waals surface area contributed by atoms with Gasteiger partial charge in [-0.25, -0.2) is 0 Å². The number of anilines is 2. The first-order valence-electron chi connectivity index (χ1n) is 3.75. The number of thiophene rings is 1. The zero-order valence-electron chi connectivity index (χ0n) is 6.78. The molecule has 0 aliphatic carbocycles. The van der Waals surface area contributed by atoms with Crippen LogP contribution in [0.25, 0.3) is 10.1 Å². The van der Waals surface area contributed by atoms with Gasteiger partial charge in [0.15, 0.2) is 6.29 Å². The van der Waals surface area contributed by atoms with E-state index in [4.69, 9.17) is 11.5 Å². The van der Waals surface area contributed by atoms with Crippen molar-refractivity contribution in [3.05, 3.63) is 23.1 Å². The number of nitrogens with two attached hydrogens (primary N) is 2. The fourth-order valence-corrected chi connectivity index (χ4v) is 2.23. The van der Waals surface area contributed by atoms with Crippen LogP contribution in [0.1, 0.15) is 9.67 Å². The van der Waals surface area contributed by atoms with Crippen molar-refractivity contribution < 1.29 is 4.79 Å². The molecule has 0 spiro atoms. The molecule has 1 aromatic heterocycles. The lowest BCUT2D eigenvalue weighted by Crippen LogP contribution is -1.87. The quantitative estimate of drug-likeness (QED) is 0.535. The molecule has 4 heteroatoms. The highest BCUT2D eigenvalue weighted by molar-refractivity contribution is 7.21. The summed E-state index contributed by atoms with van der Waals surface area (Å²) in [5, 5.41) is 0.868. The molecule has 0 radical (unpaired) electrons. The highest BCUT2D eigenvalue weighted by atomic mass is 32.1. The molecule has 0 aliphatic rings. The lowest BCUT2D eigenvalue weighted by atomic mass is 10.2. The molecule has 0 atom stereocenters. The van der Waals surface area contributed by atoms with E-state index in [0.29, 0.717) is 16.3 Å². The van der Waals surface area contributed by atoms with Crippen molar-refractivity contribution >= 4 is 39.1 Å². The van der Waals surface area contributed by atoms with Gasteiger partial charge in [-0.1, -0.05) is 12.1 Å². The molecule has 1 aromatic carbocycles. The van der Waals surface area contributed by atoms with Crippen LogP contribution in [0, 0.1) is 0 Å². The fraction of sp³-hybridized carbons (Fsp3) is 0. The summed E-state index contributed by atoms with van der Waals surface area (Å²) in [5.74, 6) is 0. The highest BCUT2D eigenvalue weighted by Gasteiger charge is 2.09. The van der Waals surface area contributed by atoms with E-state index in [1.54, 1.807) is 6.07 Å². The van der Waals surface area contributed by atoms with Crippen LogP contribution >= 0.6 is 11.3 Å². The number of carbonyl (C=O) groups is 1. The summed E-state index contributed by atoms with van der Waals surface area (Å²) in [5.41, 5.74) is 12.7. The molecule has 0 saturated heterocycles. The Hall–Kier alpha value is -1.55. The molecule has 0 amide bonds. The van der Waals surface area contributed by atoms with Gasteiger partial charge in [0, 0.05) is 11.1 Å². The molecule has 66 valence electrons. The number of carbonyl (C=O) groups excluding carboxylic acids is 1. The molecule has 0 saturated carbocycles. The van der Waals surface area contributed by atoms with Crippen LogP contribution in [0.3, 0.4) is 0 Å². The number of aldehydes is 1. The Morgan fingerprint density at radius 3 is 2.69 bits per heavy atom. The van der Waals surface area contributed by atoms with E-state index in [9.17, 15) is 4.79 Å². The first kappa shape index (κ1) is 8.07. The largest absolute Gasteiger partial charge is 0.398 e. The van der Waals surface area contributed by atoms with Gasteiger partial charge in [0.1, 0.15) is 0 Å². The predicted octanol–water partition coefficient (Wildman–Crippen LogP) is 1.88. The minimum atomic E-state index is 0.530. The topological polar surface area (TPSA) is 69.1 Å². The Labute approximate surface area is 79.0 Å². The number of rotatable bonds is 1. The average molecular weight is 192 g/mol. The van der Waals surface area contributed by atoms with Crippen LogP contribution in [0.15, 0.2) is 18.2 Å². The maximum atomic E-state index is 10.6. The van der Waals surface area contributed by atoms with E-state index in [1.807, 2.05) is 12.1 Å². The summed E-state index contributed by atoms with van der Waals surface area (Å²) in [6.45, 7) is 0. The lowest BCUT2D eigenvalue weighted by molar-refractivity contribution is 0.112. The second kappa shape index (κ2) is 2.74. The van der Waals surface area contributed by atoms with Gasteiger partial charge in [0.25, 0.3) is 0 Å². The first-order chi connectivity index (χ1) is 6.24. The van der Waals surface area contributed by atoms with E-state index in [0.717, 1.165) is 16.4 Å². The Balaban J connectivity index is 2.91. The van der Waals surface area contributed by atoms with Gasteiger partial charge in [-0.05, 0) is 6.07 Å². The number of hydrogen-bond acceptors (Lipinski definition) is 4. The minimum Gasteiger partial charge on any atom is -0.398 e. The Morgan fingerprint density at radius 2 is 2.08 bits per heavy atom. The molecule has 0 fully saturated rings. The molecule has 0 aliphatic heterocycles. The Bertz CT molecular complexity index is 476. The maximum absolute atomic E-state index is 10.6. The van der Waals surface area contributed by atoms with Crippen LogP contribution < -0.4 is 11.5 Å². The molecule has 0 unspecified atom stereocenters. The van der Waals surface area contributed by atoms with Crippen molar-refractivity contribution in [2.75, 3.05) is 11.5 Å². The smallest absolute Gasteiger partial charge is 0.162 e. The van der Waals surface area contributed by atoms with Gasteiger partial charge in [0.05, 0.1) is 15.3 Å². The van der Waals surface area contributed by atoms with Crippen molar-refractivity contribution in [3.63, 3.8) is 0 Å². The van der Waals surface area contributed by atoms with Crippen LogP contribution in [0.2, 0.25) is 0 Å². The number of benzene rings is 1. The van der Waals surface area contributed by atoms with Gasteiger partial charge in [-0.3, -0.25) is 4.79 Å². The van der Waals surface area contributed by atoms with E-state index >= 15 is 0 Å². The second-order valence-electron chi connectivity index (χ2n) is 2.72. The Kier molecular flexibility index (Phi) is 1.70. The molecule has 2 aromatic rings. The lowest BCUT2D eigenvalue weighted by Gasteiger charge is -1.94. The minimum absolute atomic E-state index is 0.530. The normalized spacial score (nSPS) is 10.5. The molecule has 4 N–H and O–H groups in total. The summed E-state index contributed by atoms with van der Waals surface area (Å²) in [4.78, 5) is 11.1. The zero-order valence-corrected chi connectivity index (χ0v) is 7.60. The summed E-state index contributed by atoms with van der Waals surface area (Å²) >= 11 is 1.33. The summed E-state index contributed by atoms with van der Waals surface area (Å²) in [7, 11) is 0. The Morgan fingerprint density at radius 1 is 1.31 bits per heavy atom.